The summed E-state index contributed by atoms with van der Waals surface area (Å²) >= 11 is 0. The molecule has 2 aromatic heterocycles. The molecule has 13 heteroatoms. The topological polar surface area (TPSA) is 86.3 Å². The maximum absolute atomic E-state index is 13.8. The second kappa shape index (κ2) is 12.1. The first-order valence-corrected chi connectivity index (χ1v) is 13.4. The largest absolute Gasteiger partial charge is 0.488 e. The van der Waals surface area contributed by atoms with Crippen molar-refractivity contribution in [2.75, 3.05) is 19.6 Å². The van der Waals surface area contributed by atoms with Crippen molar-refractivity contribution < 1.29 is 35.9 Å². The number of alkyl halides is 6. The Kier molecular flexibility index (Phi) is 8.45. The Hall–Kier alpha value is -4.39. The molecular weight excluding hydrogens is 576 g/mol. The highest BCUT2D eigenvalue weighted by atomic mass is 19.4. The number of nitrogens with zero attached hydrogens (tertiary/aromatic N) is 4. The van der Waals surface area contributed by atoms with Gasteiger partial charge in [0.2, 0.25) is 0 Å². The fourth-order valence-corrected chi connectivity index (χ4v) is 5.20. The molecule has 7 nitrogen and oxygen atoms in total. The SMILES string of the molecule is NC(=O)c1cnn(-c2cccc(-c3ccccc3OCc3ccc(C4CCN(CC(F)(F)F)CC4)cc3)n2)c1C(F)(F)F. The maximum atomic E-state index is 13.8. The molecule has 1 aliphatic heterocycles. The number of benzene rings is 2. The monoisotopic (exact) mass is 603 g/mol. The molecule has 0 radical (unpaired) electrons. The Morgan fingerprint density at radius 1 is 0.930 bits per heavy atom. The van der Waals surface area contributed by atoms with Gasteiger partial charge in [0, 0.05) is 5.56 Å². The number of para-hydroxylation sites is 1. The van der Waals surface area contributed by atoms with E-state index in [2.05, 4.69) is 10.1 Å². The zero-order chi connectivity index (χ0) is 30.8. The number of halogens is 6. The fraction of sp³-hybridized carbons (Fsp3) is 0.300. The summed E-state index contributed by atoms with van der Waals surface area (Å²) in [6.45, 7) is 0.0995. The van der Waals surface area contributed by atoms with Crippen LogP contribution in [0.15, 0.2) is 72.9 Å². The van der Waals surface area contributed by atoms with Crippen molar-refractivity contribution >= 4 is 5.91 Å². The Morgan fingerprint density at radius 3 is 2.28 bits per heavy atom. The van der Waals surface area contributed by atoms with Gasteiger partial charge in [0.05, 0.1) is 24.0 Å². The zero-order valence-corrected chi connectivity index (χ0v) is 22.7. The van der Waals surface area contributed by atoms with Crippen molar-refractivity contribution in [3.63, 3.8) is 0 Å². The number of pyridine rings is 1. The molecule has 1 saturated heterocycles. The third kappa shape index (κ3) is 7.16. The zero-order valence-electron chi connectivity index (χ0n) is 22.7. The van der Waals surface area contributed by atoms with Gasteiger partial charge in [-0.15, -0.1) is 0 Å². The first-order chi connectivity index (χ1) is 20.4. The number of amides is 1. The van der Waals surface area contributed by atoms with E-state index in [0.29, 0.717) is 47.6 Å². The van der Waals surface area contributed by atoms with Gasteiger partial charge in [-0.25, -0.2) is 9.67 Å². The lowest BCUT2D eigenvalue weighted by Crippen LogP contribution is -2.39. The Labute approximate surface area is 242 Å². The van der Waals surface area contributed by atoms with Crippen LogP contribution in [-0.4, -0.2) is 51.4 Å². The molecule has 0 spiro atoms. The standard InChI is InChI=1S/C30H27F6N5O2/c31-29(32,33)18-40-14-12-21(13-15-40)20-10-8-19(9-11-20)17-43-25-6-2-1-4-22(25)24-5-3-7-26(39-24)41-27(30(34,35)36)23(16-38-41)28(37)42/h1-11,16,21H,12-15,17-18H2,(H2,37,42). The highest BCUT2D eigenvalue weighted by molar-refractivity contribution is 5.94. The Balaban J connectivity index is 1.29. The first-order valence-electron chi connectivity index (χ1n) is 13.4. The second-order valence-electron chi connectivity index (χ2n) is 10.3. The van der Waals surface area contributed by atoms with Gasteiger partial charge in [-0.2, -0.15) is 31.4 Å². The molecule has 1 aliphatic rings. The number of likely N-dealkylation sites (tertiary alicyclic amines) is 1. The average molecular weight is 604 g/mol. The molecule has 2 aromatic carbocycles. The van der Waals surface area contributed by atoms with E-state index in [1.165, 1.54) is 17.0 Å². The molecule has 3 heterocycles. The van der Waals surface area contributed by atoms with Crippen molar-refractivity contribution in [3.05, 3.63) is 95.3 Å². The number of piperidine rings is 1. The summed E-state index contributed by atoms with van der Waals surface area (Å²) in [7, 11) is 0. The van der Waals surface area contributed by atoms with E-state index >= 15 is 0 Å². The molecule has 0 atom stereocenters. The van der Waals surface area contributed by atoms with Gasteiger partial charge in [-0.05, 0) is 67.2 Å². The molecule has 0 saturated carbocycles. The number of ether oxygens (including phenoxy) is 1. The van der Waals surface area contributed by atoms with Crippen LogP contribution < -0.4 is 10.5 Å². The van der Waals surface area contributed by atoms with Gasteiger partial charge < -0.3 is 10.5 Å². The molecule has 43 heavy (non-hydrogen) atoms. The number of carbonyl (C=O) groups is 1. The highest BCUT2D eigenvalue weighted by Gasteiger charge is 2.40. The van der Waals surface area contributed by atoms with Crippen molar-refractivity contribution in [2.24, 2.45) is 5.73 Å². The van der Waals surface area contributed by atoms with Crippen LogP contribution in [0.5, 0.6) is 5.75 Å². The van der Waals surface area contributed by atoms with E-state index in [-0.39, 0.29) is 18.3 Å². The summed E-state index contributed by atoms with van der Waals surface area (Å²) in [5.74, 6) is -0.785. The van der Waals surface area contributed by atoms with Gasteiger partial charge in [0.25, 0.3) is 5.91 Å². The lowest BCUT2D eigenvalue weighted by atomic mass is 9.89. The maximum Gasteiger partial charge on any atom is 0.434 e. The van der Waals surface area contributed by atoms with E-state index in [1.807, 2.05) is 24.3 Å². The van der Waals surface area contributed by atoms with Crippen molar-refractivity contribution in [3.8, 4) is 22.8 Å². The molecule has 1 fully saturated rings. The summed E-state index contributed by atoms with van der Waals surface area (Å²) in [4.78, 5) is 17.4. The Morgan fingerprint density at radius 2 is 1.63 bits per heavy atom. The summed E-state index contributed by atoms with van der Waals surface area (Å²) < 4.78 is 86.0. The lowest BCUT2D eigenvalue weighted by molar-refractivity contribution is -0.148. The number of hydrogen-bond donors (Lipinski definition) is 1. The number of hydrogen-bond acceptors (Lipinski definition) is 5. The van der Waals surface area contributed by atoms with Gasteiger partial charge in [-0.3, -0.25) is 9.69 Å². The van der Waals surface area contributed by atoms with Gasteiger partial charge in [0.1, 0.15) is 12.4 Å². The second-order valence-corrected chi connectivity index (χ2v) is 10.3. The van der Waals surface area contributed by atoms with Crippen molar-refractivity contribution in [1.82, 2.24) is 19.7 Å². The highest BCUT2D eigenvalue weighted by Crippen LogP contribution is 2.35. The van der Waals surface area contributed by atoms with E-state index in [1.54, 1.807) is 30.3 Å². The summed E-state index contributed by atoms with van der Waals surface area (Å²) in [5.41, 5.74) is 5.83. The molecule has 4 aromatic rings. The molecule has 1 amide bonds. The minimum absolute atomic E-state index is 0.160. The smallest absolute Gasteiger partial charge is 0.434 e. The van der Waals surface area contributed by atoms with E-state index in [9.17, 15) is 31.1 Å². The molecule has 2 N–H and O–H groups in total. The van der Waals surface area contributed by atoms with Crippen LogP contribution in [0.1, 0.15) is 45.9 Å². The van der Waals surface area contributed by atoms with Gasteiger partial charge >= 0.3 is 12.4 Å². The number of carbonyl (C=O) groups excluding carboxylic acids is 1. The average Bonchev–Trinajstić information content (AvgIpc) is 3.43. The summed E-state index contributed by atoms with van der Waals surface area (Å²) in [5, 5.41) is 3.72. The quantitative estimate of drug-likeness (QED) is 0.237. The van der Waals surface area contributed by atoms with Gasteiger partial charge in [0.15, 0.2) is 11.5 Å². The van der Waals surface area contributed by atoms with Crippen LogP contribution >= 0.6 is 0 Å². The Bertz CT molecular complexity index is 1580. The fourth-order valence-electron chi connectivity index (χ4n) is 5.20. The number of aromatic nitrogens is 3. The molecule has 0 unspecified atom stereocenters. The van der Waals surface area contributed by atoms with Crippen LogP contribution in [0, 0.1) is 0 Å². The molecule has 0 bridgehead atoms. The molecule has 5 rings (SSSR count). The summed E-state index contributed by atoms with van der Waals surface area (Å²) in [6.07, 6.45) is -7.03. The van der Waals surface area contributed by atoms with Crippen molar-refractivity contribution in [1.29, 1.82) is 0 Å². The molecule has 226 valence electrons. The number of nitrogens with two attached hydrogens (primary N) is 1. The predicted molar refractivity (Wildman–Crippen MR) is 146 cm³/mol. The van der Waals surface area contributed by atoms with Gasteiger partial charge in [-0.1, -0.05) is 42.5 Å². The predicted octanol–water partition coefficient (Wildman–Crippen LogP) is 6.37. The lowest BCUT2D eigenvalue weighted by Gasteiger charge is -2.32. The third-order valence-electron chi connectivity index (χ3n) is 7.25. The van der Waals surface area contributed by atoms with Crippen LogP contribution in [-0.2, 0) is 12.8 Å². The van der Waals surface area contributed by atoms with Crippen LogP contribution in [0.4, 0.5) is 26.3 Å². The minimum Gasteiger partial charge on any atom is -0.488 e. The number of primary amides is 1. The summed E-state index contributed by atoms with van der Waals surface area (Å²) in [6, 6.07) is 19.1. The molecule has 0 aliphatic carbocycles. The van der Waals surface area contributed by atoms with Crippen LogP contribution in [0.25, 0.3) is 17.1 Å². The van der Waals surface area contributed by atoms with E-state index in [4.69, 9.17) is 10.5 Å². The van der Waals surface area contributed by atoms with Crippen LogP contribution in [0.2, 0.25) is 0 Å². The van der Waals surface area contributed by atoms with Crippen LogP contribution in [0.3, 0.4) is 0 Å². The normalized spacial score (nSPS) is 15.0. The van der Waals surface area contributed by atoms with E-state index in [0.717, 1.165) is 17.3 Å². The van der Waals surface area contributed by atoms with E-state index < -0.39 is 36.1 Å². The third-order valence-corrected chi connectivity index (χ3v) is 7.25. The van der Waals surface area contributed by atoms with Crippen molar-refractivity contribution in [2.45, 2.75) is 37.7 Å². The molecular formula is C30H27F6N5O2. The number of rotatable bonds is 8. The minimum atomic E-state index is -4.90. The first kappa shape index (κ1) is 30.1.